The van der Waals surface area contributed by atoms with E-state index >= 15 is 0 Å². The monoisotopic (exact) mass is 348 g/mol. The van der Waals surface area contributed by atoms with Gasteiger partial charge in [0.25, 0.3) is 0 Å². The molecule has 0 amide bonds. The zero-order chi connectivity index (χ0) is 14.2. The van der Waals surface area contributed by atoms with Gasteiger partial charge in [-0.15, -0.1) is 0 Å². The molecule has 106 valence electrons. The van der Waals surface area contributed by atoms with Crippen molar-refractivity contribution in [1.29, 1.82) is 0 Å². The van der Waals surface area contributed by atoms with Crippen LogP contribution >= 0.6 is 28.1 Å². The SMILES string of the molecule is CC1(C)C2CCC1(CBr)C(=S)C21Cc2ccc(cc2)C1. The van der Waals surface area contributed by atoms with E-state index in [2.05, 4.69) is 54.0 Å². The molecule has 4 aliphatic rings. The van der Waals surface area contributed by atoms with E-state index in [1.165, 1.54) is 28.8 Å². The van der Waals surface area contributed by atoms with Crippen LogP contribution in [-0.2, 0) is 12.8 Å². The van der Waals surface area contributed by atoms with Gasteiger partial charge in [0.1, 0.15) is 0 Å². The maximum atomic E-state index is 6.14. The molecule has 20 heavy (non-hydrogen) atoms. The summed E-state index contributed by atoms with van der Waals surface area (Å²) in [6.07, 6.45) is 4.94. The molecule has 2 unspecified atom stereocenters. The van der Waals surface area contributed by atoms with Crippen molar-refractivity contribution in [2.45, 2.75) is 39.5 Å². The number of rotatable bonds is 1. The first kappa shape index (κ1) is 13.5. The van der Waals surface area contributed by atoms with Crippen molar-refractivity contribution in [3.63, 3.8) is 0 Å². The molecular formula is C18H21BrS. The lowest BCUT2D eigenvalue weighted by Crippen LogP contribution is -2.43. The van der Waals surface area contributed by atoms with E-state index in [4.69, 9.17) is 12.2 Å². The minimum atomic E-state index is 0.234. The Labute approximate surface area is 135 Å². The number of hydrogen-bond donors (Lipinski definition) is 0. The third kappa shape index (κ3) is 1.31. The molecule has 1 aromatic carbocycles. The van der Waals surface area contributed by atoms with E-state index in [1.807, 2.05) is 0 Å². The Bertz CT molecular complexity index is 561. The van der Waals surface area contributed by atoms with Crippen molar-refractivity contribution in [2.24, 2.45) is 22.2 Å². The highest BCUT2D eigenvalue weighted by molar-refractivity contribution is 9.09. The third-order valence-electron chi connectivity index (χ3n) is 6.81. The number of thiocarbonyl (C=S) groups is 1. The van der Waals surface area contributed by atoms with Crippen LogP contribution in [0.15, 0.2) is 24.3 Å². The molecule has 2 fully saturated rings. The summed E-state index contributed by atoms with van der Waals surface area (Å²) in [5.41, 5.74) is 3.75. The summed E-state index contributed by atoms with van der Waals surface area (Å²) in [4.78, 5) is 1.38. The van der Waals surface area contributed by atoms with Crippen LogP contribution in [0.2, 0.25) is 0 Å². The van der Waals surface area contributed by atoms with Gasteiger partial charge in [-0.05, 0) is 48.1 Å². The van der Waals surface area contributed by atoms with E-state index in [9.17, 15) is 0 Å². The first-order valence-electron chi connectivity index (χ1n) is 7.65. The molecule has 2 atom stereocenters. The molecular weight excluding hydrogens is 328 g/mol. The number of benzene rings is 1. The van der Waals surface area contributed by atoms with Crippen molar-refractivity contribution in [1.82, 2.24) is 0 Å². The minimum absolute atomic E-state index is 0.234. The van der Waals surface area contributed by atoms with E-state index in [-0.39, 0.29) is 10.8 Å². The lowest BCUT2D eigenvalue weighted by atomic mass is 9.65. The van der Waals surface area contributed by atoms with E-state index in [0.29, 0.717) is 5.41 Å². The summed E-state index contributed by atoms with van der Waals surface area (Å²) in [5, 5.41) is 1.04. The summed E-state index contributed by atoms with van der Waals surface area (Å²) in [5.74, 6) is 0.741. The normalized spacial score (nSPS) is 35.8. The Hall–Kier alpha value is -0.210. The first-order valence-corrected chi connectivity index (χ1v) is 9.18. The van der Waals surface area contributed by atoms with Crippen LogP contribution < -0.4 is 0 Å². The number of halogens is 1. The second-order valence-electron chi connectivity index (χ2n) is 7.68. The Kier molecular flexibility index (Phi) is 2.66. The molecule has 2 saturated carbocycles. The second-order valence-corrected chi connectivity index (χ2v) is 8.65. The summed E-state index contributed by atoms with van der Waals surface area (Å²) in [6, 6.07) is 9.25. The molecule has 0 heterocycles. The lowest BCUT2D eigenvalue weighted by molar-refractivity contribution is 0.139. The van der Waals surface area contributed by atoms with Crippen molar-refractivity contribution < 1.29 is 0 Å². The fourth-order valence-electron chi connectivity index (χ4n) is 5.69. The zero-order valence-corrected chi connectivity index (χ0v) is 14.6. The van der Waals surface area contributed by atoms with Gasteiger partial charge in [0.15, 0.2) is 0 Å². The summed E-state index contributed by atoms with van der Waals surface area (Å²) >= 11 is 9.96. The highest BCUT2D eigenvalue weighted by atomic mass is 79.9. The molecule has 1 aromatic rings. The molecule has 0 aliphatic heterocycles. The van der Waals surface area contributed by atoms with Gasteiger partial charge >= 0.3 is 0 Å². The summed E-state index contributed by atoms with van der Waals surface area (Å²) in [7, 11) is 0. The van der Waals surface area contributed by atoms with Crippen molar-refractivity contribution in [3.8, 4) is 0 Å². The Morgan fingerprint density at radius 2 is 1.70 bits per heavy atom. The van der Waals surface area contributed by atoms with Crippen molar-refractivity contribution in [2.75, 3.05) is 5.33 Å². The van der Waals surface area contributed by atoms with E-state index < -0.39 is 0 Å². The highest BCUT2D eigenvalue weighted by Gasteiger charge is 2.71. The van der Waals surface area contributed by atoms with Gasteiger partial charge in [0, 0.05) is 21.0 Å². The molecule has 0 radical (unpaired) electrons. The largest absolute Gasteiger partial charge is 0.0918 e. The molecule has 4 bridgehead atoms. The van der Waals surface area contributed by atoms with Gasteiger partial charge in [0.05, 0.1) is 0 Å². The first-order chi connectivity index (χ1) is 9.46. The average Bonchev–Trinajstić information content (AvgIpc) is 2.63. The van der Waals surface area contributed by atoms with Crippen LogP contribution in [-0.4, -0.2) is 10.2 Å². The van der Waals surface area contributed by atoms with Gasteiger partial charge in [-0.2, -0.15) is 0 Å². The summed E-state index contributed by atoms with van der Waals surface area (Å²) in [6.45, 7) is 4.94. The van der Waals surface area contributed by atoms with Crippen LogP contribution in [0, 0.1) is 22.2 Å². The fourth-order valence-corrected chi connectivity index (χ4v) is 7.88. The number of alkyl halides is 1. The number of fused-ring (bicyclic) bond motifs is 4. The Balaban J connectivity index is 1.90. The van der Waals surface area contributed by atoms with Crippen molar-refractivity contribution >= 4 is 33.0 Å². The quantitative estimate of drug-likeness (QED) is 0.509. The summed E-state index contributed by atoms with van der Waals surface area (Å²) < 4.78 is 0. The van der Waals surface area contributed by atoms with Gasteiger partial charge in [-0.1, -0.05) is 66.3 Å². The third-order valence-corrected chi connectivity index (χ3v) is 8.56. The van der Waals surface area contributed by atoms with Crippen LogP contribution in [0.25, 0.3) is 0 Å². The molecule has 4 aliphatic carbocycles. The molecule has 2 heteroatoms. The maximum Gasteiger partial charge on any atom is 0.0173 e. The minimum Gasteiger partial charge on any atom is -0.0918 e. The van der Waals surface area contributed by atoms with Gasteiger partial charge in [0.2, 0.25) is 0 Å². The van der Waals surface area contributed by atoms with E-state index in [1.54, 1.807) is 0 Å². The Morgan fingerprint density at radius 1 is 1.15 bits per heavy atom. The van der Waals surface area contributed by atoms with Crippen LogP contribution in [0.1, 0.15) is 37.8 Å². The number of hydrogen-bond acceptors (Lipinski definition) is 1. The molecule has 0 saturated heterocycles. The standard InChI is InChI=1S/C18H21BrS/c1-16(2)14-7-8-18(16,11-19)15(20)17(14)9-12-3-4-13(10-17)6-5-12/h3-6,14H,7-11H2,1-2H3. The zero-order valence-electron chi connectivity index (χ0n) is 12.2. The van der Waals surface area contributed by atoms with Crippen LogP contribution in [0.4, 0.5) is 0 Å². The molecule has 5 rings (SSSR count). The van der Waals surface area contributed by atoms with Gasteiger partial charge in [-0.3, -0.25) is 0 Å². The van der Waals surface area contributed by atoms with Crippen LogP contribution in [0.3, 0.4) is 0 Å². The average molecular weight is 349 g/mol. The molecule has 0 aromatic heterocycles. The molecule has 0 N–H and O–H groups in total. The molecule has 1 spiro atoms. The molecule has 0 nitrogen and oxygen atoms in total. The van der Waals surface area contributed by atoms with Gasteiger partial charge < -0.3 is 0 Å². The van der Waals surface area contributed by atoms with Gasteiger partial charge in [-0.25, -0.2) is 0 Å². The predicted molar refractivity (Wildman–Crippen MR) is 91.6 cm³/mol. The maximum absolute atomic E-state index is 6.14. The highest BCUT2D eigenvalue weighted by Crippen LogP contribution is 2.72. The fraction of sp³-hybridized carbons (Fsp3) is 0.611. The van der Waals surface area contributed by atoms with Crippen LogP contribution in [0.5, 0.6) is 0 Å². The predicted octanol–water partition coefficient (Wildman–Crippen LogP) is 4.97. The smallest absolute Gasteiger partial charge is 0.0173 e. The lowest BCUT2D eigenvalue weighted by Gasteiger charge is -2.40. The Morgan fingerprint density at radius 3 is 2.15 bits per heavy atom. The van der Waals surface area contributed by atoms with E-state index in [0.717, 1.165) is 24.1 Å². The van der Waals surface area contributed by atoms with Crippen molar-refractivity contribution in [3.05, 3.63) is 35.4 Å². The topological polar surface area (TPSA) is 0 Å². The second kappa shape index (κ2) is 3.95.